The Bertz CT molecular complexity index is 297. The fourth-order valence-electron chi connectivity index (χ4n) is 1.53. The highest BCUT2D eigenvalue weighted by Gasteiger charge is 2.26. The van der Waals surface area contributed by atoms with Crippen LogP contribution in [0.15, 0.2) is 12.1 Å². The summed E-state index contributed by atoms with van der Waals surface area (Å²) in [5.74, 6) is 1.29. The number of rotatable bonds is 3. The predicted octanol–water partition coefficient (Wildman–Crippen LogP) is 1.31. The molecule has 0 saturated heterocycles. The zero-order valence-corrected chi connectivity index (χ0v) is 8.41. The number of nitrogens with zero attached hydrogens (tertiary/aromatic N) is 2. The summed E-state index contributed by atoms with van der Waals surface area (Å²) in [5, 5.41) is 20.2. The van der Waals surface area contributed by atoms with Crippen LogP contribution in [0.3, 0.4) is 0 Å². The lowest BCUT2D eigenvalue weighted by Gasteiger charge is -2.31. The molecule has 0 aliphatic heterocycles. The number of halogens is 1. The standard InChI is InChI=1S/C9H12ClN3O/c10-8-1-2-9(13-12-8)11-5-6-3-7(14)4-6/h1-2,6-7,14H,3-5H2,(H,11,13). The average Bonchev–Trinajstić information content (AvgIpc) is 2.13. The van der Waals surface area contributed by atoms with Gasteiger partial charge in [-0.3, -0.25) is 0 Å². The number of nitrogens with one attached hydrogen (secondary N) is 1. The van der Waals surface area contributed by atoms with Crippen LogP contribution < -0.4 is 5.32 Å². The van der Waals surface area contributed by atoms with Gasteiger partial charge in [0, 0.05) is 6.54 Å². The molecular formula is C9H12ClN3O. The van der Waals surface area contributed by atoms with Gasteiger partial charge in [-0.15, -0.1) is 10.2 Å². The highest BCUT2D eigenvalue weighted by molar-refractivity contribution is 6.29. The van der Waals surface area contributed by atoms with Crippen molar-refractivity contribution in [3.63, 3.8) is 0 Å². The average molecular weight is 214 g/mol. The van der Waals surface area contributed by atoms with Gasteiger partial charge in [0.1, 0.15) is 5.82 Å². The predicted molar refractivity (Wildman–Crippen MR) is 54.3 cm³/mol. The first-order chi connectivity index (χ1) is 6.74. The molecule has 2 rings (SSSR count). The van der Waals surface area contributed by atoms with E-state index in [0.29, 0.717) is 11.1 Å². The molecule has 1 fully saturated rings. The van der Waals surface area contributed by atoms with Gasteiger partial charge in [-0.05, 0) is 30.9 Å². The second-order valence-corrected chi connectivity index (χ2v) is 4.00. The number of hydrogen-bond donors (Lipinski definition) is 2. The summed E-state index contributed by atoms with van der Waals surface area (Å²) in [4.78, 5) is 0. The molecule has 4 nitrogen and oxygen atoms in total. The van der Waals surface area contributed by atoms with Crippen molar-refractivity contribution in [1.29, 1.82) is 0 Å². The summed E-state index contributed by atoms with van der Waals surface area (Å²) in [6, 6.07) is 3.50. The molecule has 1 aliphatic carbocycles. The third-order valence-corrected chi connectivity index (χ3v) is 2.62. The normalized spacial score (nSPS) is 25.6. The minimum Gasteiger partial charge on any atom is -0.393 e. The molecule has 0 radical (unpaired) electrons. The van der Waals surface area contributed by atoms with Crippen LogP contribution in [0.1, 0.15) is 12.8 Å². The second kappa shape index (κ2) is 4.11. The molecule has 0 amide bonds. The quantitative estimate of drug-likeness (QED) is 0.795. The first-order valence-electron chi connectivity index (χ1n) is 4.65. The number of aliphatic hydroxyl groups excluding tert-OH is 1. The Hall–Kier alpha value is -0.870. The van der Waals surface area contributed by atoms with Gasteiger partial charge in [0.05, 0.1) is 6.10 Å². The summed E-state index contributed by atoms with van der Waals surface area (Å²) in [7, 11) is 0. The molecule has 0 aromatic carbocycles. The van der Waals surface area contributed by atoms with Crippen LogP contribution in [0.4, 0.5) is 5.82 Å². The van der Waals surface area contributed by atoms with Gasteiger partial charge in [0.2, 0.25) is 0 Å². The SMILES string of the molecule is OC1CC(CNc2ccc(Cl)nn2)C1. The van der Waals surface area contributed by atoms with Crippen molar-refractivity contribution >= 4 is 17.4 Å². The summed E-state index contributed by atoms with van der Waals surface area (Å²) < 4.78 is 0. The van der Waals surface area contributed by atoms with Crippen molar-refractivity contribution in [2.75, 3.05) is 11.9 Å². The first kappa shape index (κ1) is 9.68. The molecule has 1 aliphatic rings. The molecule has 14 heavy (non-hydrogen) atoms. The number of hydrogen-bond acceptors (Lipinski definition) is 4. The van der Waals surface area contributed by atoms with Gasteiger partial charge in [0.25, 0.3) is 0 Å². The van der Waals surface area contributed by atoms with E-state index in [-0.39, 0.29) is 6.10 Å². The van der Waals surface area contributed by atoms with Crippen LogP contribution in [-0.2, 0) is 0 Å². The highest BCUT2D eigenvalue weighted by Crippen LogP contribution is 2.26. The van der Waals surface area contributed by atoms with Crippen molar-refractivity contribution in [1.82, 2.24) is 10.2 Å². The van der Waals surface area contributed by atoms with Gasteiger partial charge >= 0.3 is 0 Å². The van der Waals surface area contributed by atoms with E-state index >= 15 is 0 Å². The Morgan fingerprint density at radius 1 is 1.43 bits per heavy atom. The lowest BCUT2D eigenvalue weighted by atomic mass is 9.82. The second-order valence-electron chi connectivity index (χ2n) is 3.61. The van der Waals surface area contributed by atoms with Crippen LogP contribution in [0.25, 0.3) is 0 Å². The van der Waals surface area contributed by atoms with Crippen LogP contribution in [0.2, 0.25) is 5.15 Å². The van der Waals surface area contributed by atoms with Gasteiger partial charge in [0.15, 0.2) is 5.15 Å². The van der Waals surface area contributed by atoms with E-state index in [2.05, 4.69) is 15.5 Å². The van der Waals surface area contributed by atoms with Crippen molar-refractivity contribution < 1.29 is 5.11 Å². The lowest BCUT2D eigenvalue weighted by Crippen LogP contribution is -2.33. The maximum absolute atomic E-state index is 9.08. The summed E-state index contributed by atoms with van der Waals surface area (Å²) >= 11 is 5.60. The molecule has 1 aromatic heterocycles. The monoisotopic (exact) mass is 213 g/mol. The third kappa shape index (κ3) is 2.33. The number of aliphatic hydroxyl groups is 1. The van der Waals surface area contributed by atoms with E-state index in [4.69, 9.17) is 16.7 Å². The smallest absolute Gasteiger partial charge is 0.151 e. The van der Waals surface area contributed by atoms with Crippen molar-refractivity contribution in [3.05, 3.63) is 17.3 Å². The van der Waals surface area contributed by atoms with Crippen LogP contribution >= 0.6 is 11.6 Å². The third-order valence-electron chi connectivity index (χ3n) is 2.41. The Labute approximate surface area is 87.3 Å². The fraction of sp³-hybridized carbons (Fsp3) is 0.556. The fourth-order valence-corrected chi connectivity index (χ4v) is 1.63. The molecule has 2 N–H and O–H groups in total. The number of anilines is 1. The van der Waals surface area contributed by atoms with E-state index in [1.807, 2.05) is 0 Å². The van der Waals surface area contributed by atoms with E-state index in [1.165, 1.54) is 0 Å². The molecule has 1 aromatic rings. The van der Waals surface area contributed by atoms with Gasteiger partial charge < -0.3 is 10.4 Å². The Morgan fingerprint density at radius 3 is 2.79 bits per heavy atom. The van der Waals surface area contributed by atoms with E-state index in [1.54, 1.807) is 12.1 Å². The van der Waals surface area contributed by atoms with Crippen molar-refractivity contribution in [3.8, 4) is 0 Å². The van der Waals surface area contributed by atoms with E-state index in [0.717, 1.165) is 25.2 Å². The minimum atomic E-state index is -0.0990. The Kier molecular flexibility index (Phi) is 2.84. The van der Waals surface area contributed by atoms with Crippen LogP contribution in [0, 0.1) is 5.92 Å². The zero-order valence-electron chi connectivity index (χ0n) is 7.65. The molecule has 0 unspecified atom stereocenters. The highest BCUT2D eigenvalue weighted by atomic mass is 35.5. The summed E-state index contributed by atoms with van der Waals surface area (Å²) in [6.07, 6.45) is 1.67. The Balaban J connectivity index is 1.78. The molecule has 1 heterocycles. The molecule has 0 spiro atoms. The maximum atomic E-state index is 9.08. The lowest BCUT2D eigenvalue weighted by molar-refractivity contribution is 0.0486. The maximum Gasteiger partial charge on any atom is 0.151 e. The van der Waals surface area contributed by atoms with Crippen LogP contribution in [0.5, 0.6) is 0 Å². The first-order valence-corrected chi connectivity index (χ1v) is 5.03. The molecule has 5 heteroatoms. The van der Waals surface area contributed by atoms with Gasteiger partial charge in [-0.1, -0.05) is 11.6 Å². The van der Waals surface area contributed by atoms with Gasteiger partial charge in [-0.2, -0.15) is 0 Å². The van der Waals surface area contributed by atoms with Crippen molar-refractivity contribution in [2.45, 2.75) is 18.9 Å². The molecule has 0 atom stereocenters. The topological polar surface area (TPSA) is 58.0 Å². The van der Waals surface area contributed by atoms with E-state index in [9.17, 15) is 0 Å². The van der Waals surface area contributed by atoms with E-state index < -0.39 is 0 Å². The minimum absolute atomic E-state index is 0.0990. The van der Waals surface area contributed by atoms with Crippen LogP contribution in [-0.4, -0.2) is 28.0 Å². The number of aromatic nitrogens is 2. The van der Waals surface area contributed by atoms with Gasteiger partial charge in [-0.25, -0.2) is 0 Å². The summed E-state index contributed by atoms with van der Waals surface area (Å²) in [5.41, 5.74) is 0. The zero-order chi connectivity index (χ0) is 9.97. The largest absolute Gasteiger partial charge is 0.393 e. The molecule has 76 valence electrons. The molecular weight excluding hydrogens is 202 g/mol. The van der Waals surface area contributed by atoms with Crippen molar-refractivity contribution in [2.24, 2.45) is 5.92 Å². The molecule has 1 saturated carbocycles. The Morgan fingerprint density at radius 2 is 2.21 bits per heavy atom. The summed E-state index contributed by atoms with van der Waals surface area (Å²) in [6.45, 7) is 0.841. The molecule has 0 bridgehead atoms.